The molecule has 0 atom stereocenters. The molecule has 2 nitrogen and oxygen atoms in total. The molecule has 0 bridgehead atoms. The average molecular weight is 376 g/mol. The van der Waals surface area contributed by atoms with E-state index in [0.29, 0.717) is 10.5 Å². The van der Waals surface area contributed by atoms with Gasteiger partial charge in [-0.1, -0.05) is 22.0 Å². The Bertz CT molecular complexity index is 688. The average Bonchev–Trinajstić information content (AvgIpc) is 2.39. The number of halogens is 4. The number of hydrogen-bond acceptors (Lipinski definition) is 2. The summed E-state index contributed by atoms with van der Waals surface area (Å²) in [5, 5.41) is 2.43. The quantitative estimate of drug-likeness (QED) is 0.709. The predicted molar refractivity (Wildman–Crippen MR) is 80.8 cm³/mol. The van der Waals surface area contributed by atoms with Crippen LogP contribution in [-0.2, 0) is 6.18 Å². The molecule has 0 aliphatic heterocycles. The number of nitrogens with one attached hydrogen (secondary N) is 1. The third-order valence-corrected chi connectivity index (χ3v) is 3.61. The summed E-state index contributed by atoms with van der Waals surface area (Å²) >= 11 is 6.95. The van der Waals surface area contributed by atoms with Crippen molar-refractivity contribution in [2.24, 2.45) is 0 Å². The molecule has 21 heavy (non-hydrogen) atoms. The molecule has 0 aliphatic carbocycles. The number of rotatable bonds is 2. The lowest BCUT2D eigenvalue weighted by Crippen LogP contribution is -2.13. The van der Waals surface area contributed by atoms with Gasteiger partial charge in [0.25, 0.3) is 5.91 Å². The van der Waals surface area contributed by atoms with E-state index in [2.05, 4.69) is 33.9 Å². The highest BCUT2D eigenvalue weighted by Gasteiger charge is 2.33. The van der Waals surface area contributed by atoms with Gasteiger partial charge in [-0.25, -0.2) is 0 Å². The maximum atomic E-state index is 12.8. The van der Waals surface area contributed by atoms with Crippen molar-refractivity contribution in [3.05, 3.63) is 58.1 Å². The van der Waals surface area contributed by atoms with E-state index in [1.54, 1.807) is 18.2 Å². The molecule has 2 aromatic rings. The van der Waals surface area contributed by atoms with Crippen molar-refractivity contribution in [3.63, 3.8) is 0 Å². The van der Waals surface area contributed by atoms with Gasteiger partial charge in [0.1, 0.15) is 0 Å². The van der Waals surface area contributed by atoms with E-state index in [4.69, 9.17) is 0 Å². The third-order valence-electron chi connectivity index (χ3n) is 2.64. The molecule has 0 unspecified atom stereocenters. The minimum Gasteiger partial charge on any atom is -0.322 e. The topological polar surface area (TPSA) is 29.1 Å². The number of carbonyl (C=O) groups excluding carboxylic acids is 1. The SMILES string of the molecule is O=C(Nc1ccc(Br)c(C(F)(F)F)c1)c1cccc(S)c1. The van der Waals surface area contributed by atoms with Gasteiger partial charge in [0.05, 0.1) is 5.56 Å². The monoisotopic (exact) mass is 375 g/mol. The lowest BCUT2D eigenvalue weighted by atomic mass is 10.1. The van der Waals surface area contributed by atoms with Gasteiger partial charge in [0.2, 0.25) is 0 Å². The highest BCUT2D eigenvalue weighted by Crippen LogP contribution is 2.36. The van der Waals surface area contributed by atoms with Crippen molar-refractivity contribution in [3.8, 4) is 0 Å². The van der Waals surface area contributed by atoms with Crippen molar-refractivity contribution in [1.29, 1.82) is 0 Å². The van der Waals surface area contributed by atoms with Gasteiger partial charge in [0, 0.05) is 20.6 Å². The first kappa shape index (κ1) is 15.9. The number of benzene rings is 2. The molecule has 7 heteroatoms. The molecule has 0 saturated carbocycles. The summed E-state index contributed by atoms with van der Waals surface area (Å²) in [5.41, 5.74) is -0.456. The smallest absolute Gasteiger partial charge is 0.322 e. The largest absolute Gasteiger partial charge is 0.417 e. The van der Waals surface area contributed by atoms with Crippen molar-refractivity contribution in [1.82, 2.24) is 0 Å². The van der Waals surface area contributed by atoms with Gasteiger partial charge in [-0.15, -0.1) is 12.6 Å². The number of alkyl halides is 3. The van der Waals surface area contributed by atoms with Crippen LogP contribution < -0.4 is 5.32 Å². The van der Waals surface area contributed by atoms with Gasteiger partial charge in [-0.3, -0.25) is 4.79 Å². The van der Waals surface area contributed by atoms with Gasteiger partial charge in [-0.05, 0) is 36.4 Å². The summed E-state index contributed by atoms with van der Waals surface area (Å²) in [4.78, 5) is 12.6. The molecule has 0 radical (unpaired) electrons. The van der Waals surface area contributed by atoms with Crippen LogP contribution in [0.5, 0.6) is 0 Å². The zero-order valence-electron chi connectivity index (χ0n) is 10.4. The summed E-state index contributed by atoms with van der Waals surface area (Å²) in [6.07, 6.45) is -4.50. The van der Waals surface area contributed by atoms with E-state index in [0.717, 1.165) is 6.07 Å². The molecule has 1 amide bonds. The highest BCUT2D eigenvalue weighted by atomic mass is 79.9. The first-order valence-corrected chi connectivity index (χ1v) is 6.98. The second-order valence-corrected chi connectivity index (χ2v) is 5.57. The normalized spacial score (nSPS) is 11.3. The molecular formula is C14H9BrF3NOS. The van der Waals surface area contributed by atoms with Gasteiger partial charge < -0.3 is 5.32 Å². The Morgan fingerprint density at radius 1 is 1.14 bits per heavy atom. The van der Waals surface area contributed by atoms with Crippen LogP contribution in [0.2, 0.25) is 0 Å². The van der Waals surface area contributed by atoms with Crippen LogP contribution in [0.25, 0.3) is 0 Å². The maximum Gasteiger partial charge on any atom is 0.417 e. The fourth-order valence-electron chi connectivity index (χ4n) is 1.67. The predicted octanol–water partition coefficient (Wildman–Crippen LogP) is 5.01. The number of hydrogen-bond donors (Lipinski definition) is 2. The summed E-state index contributed by atoms with van der Waals surface area (Å²) < 4.78 is 38.3. The van der Waals surface area contributed by atoms with E-state index in [-0.39, 0.29) is 10.2 Å². The van der Waals surface area contributed by atoms with Gasteiger partial charge in [-0.2, -0.15) is 13.2 Å². The molecule has 0 fully saturated rings. The second-order valence-electron chi connectivity index (χ2n) is 4.20. The molecule has 0 aromatic heterocycles. The Labute approximate surface area is 132 Å². The zero-order valence-corrected chi connectivity index (χ0v) is 12.9. The van der Waals surface area contributed by atoms with Crippen LogP contribution in [0.1, 0.15) is 15.9 Å². The van der Waals surface area contributed by atoms with E-state index in [1.165, 1.54) is 18.2 Å². The minimum absolute atomic E-state index is 0.0695. The van der Waals surface area contributed by atoms with Crippen LogP contribution in [0, 0.1) is 0 Å². The first-order chi connectivity index (χ1) is 9.77. The maximum absolute atomic E-state index is 12.8. The number of anilines is 1. The van der Waals surface area contributed by atoms with Crippen LogP contribution in [-0.4, -0.2) is 5.91 Å². The van der Waals surface area contributed by atoms with Crippen LogP contribution in [0.3, 0.4) is 0 Å². The van der Waals surface area contributed by atoms with Crippen molar-refractivity contribution < 1.29 is 18.0 Å². The van der Waals surface area contributed by atoms with Crippen molar-refractivity contribution in [2.75, 3.05) is 5.32 Å². The number of carbonyl (C=O) groups is 1. The fourth-order valence-corrected chi connectivity index (χ4v) is 2.37. The fraction of sp³-hybridized carbons (Fsp3) is 0.0714. The van der Waals surface area contributed by atoms with Gasteiger partial charge >= 0.3 is 6.18 Å². The molecular weight excluding hydrogens is 367 g/mol. The number of amides is 1. The van der Waals surface area contributed by atoms with Crippen molar-refractivity contribution >= 4 is 40.2 Å². The molecule has 2 rings (SSSR count). The van der Waals surface area contributed by atoms with Crippen LogP contribution in [0.15, 0.2) is 51.8 Å². The minimum atomic E-state index is -4.50. The highest BCUT2D eigenvalue weighted by molar-refractivity contribution is 9.10. The Hall–Kier alpha value is -1.47. The third kappa shape index (κ3) is 4.01. The molecule has 1 N–H and O–H groups in total. The standard InChI is InChI=1S/C14H9BrF3NOS/c15-12-5-4-9(7-11(12)14(16,17)18)19-13(20)8-2-1-3-10(21)6-8/h1-7,21H,(H,19,20). The zero-order chi connectivity index (χ0) is 15.6. The van der Waals surface area contributed by atoms with Crippen LogP contribution >= 0.6 is 28.6 Å². The second kappa shape index (κ2) is 6.11. The van der Waals surface area contributed by atoms with Crippen LogP contribution in [0.4, 0.5) is 18.9 Å². The van der Waals surface area contributed by atoms with E-state index >= 15 is 0 Å². The lowest BCUT2D eigenvalue weighted by molar-refractivity contribution is -0.138. The molecule has 0 heterocycles. The molecule has 0 aliphatic rings. The Kier molecular flexibility index (Phi) is 4.63. The summed E-state index contributed by atoms with van der Waals surface area (Å²) in [7, 11) is 0. The lowest BCUT2D eigenvalue weighted by Gasteiger charge is -2.12. The molecule has 110 valence electrons. The van der Waals surface area contributed by atoms with E-state index in [1.807, 2.05) is 0 Å². The first-order valence-electron chi connectivity index (χ1n) is 5.74. The van der Waals surface area contributed by atoms with Gasteiger partial charge in [0.15, 0.2) is 0 Å². The number of thiol groups is 1. The Morgan fingerprint density at radius 3 is 2.48 bits per heavy atom. The molecule has 0 saturated heterocycles. The summed E-state index contributed by atoms with van der Waals surface area (Å²) in [6.45, 7) is 0. The molecule has 2 aromatic carbocycles. The summed E-state index contributed by atoms with van der Waals surface area (Å²) in [5.74, 6) is -0.499. The Morgan fingerprint density at radius 2 is 1.86 bits per heavy atom. The van der Waals surface area contributed by atoms with E-state index < -0.39 is 17.6 Å². The van der Waals surface area contributed by atoms with E-state index in [9.17, 15) is 18.0 Å². The summed E-state index contributed by atoms with van der Waals surface area (Å²) in [6, 6.07) is 9.93. The van der Waals surface area contributed by atoms with Crippen molar-refractivity contribution in [2.45, 2.75) is 11.1 Å². The molecule has 0 spiro atoms. The Balaban J connectivity index is 2.26.